The molecule has 39 heavy (non-hydrogen) atoms. The molecular formula is C31H28N4O4. The number of aliphatic hydroxyl groups excluding tert-OH is 1. The van der Waals surface area contributed by atoms with Gasteiger partial charge in [0.15, 0.2) is 5.78 Å². The van der Waals surface area contributed by atoms with Crippen molar-refractivity contribution in [1.82, 2.24) is 14.4 Å². The number of benzene rings is 2. The fraction of sp³-hybridized carbons (Fsp3) is 0.290. The lowest BCUT2D eigenvalue weighted by molar-refractivity contribution is 0.0671. The molecule has 0 aliphatic carbocycles. The van der Waals surface area contributed by atoms with Crippen molar-refractivity contribution in [2.24, 2.45) is 0 Å². The van der Waals surface area contributed by atoms with Crippen LogP contribution >= 0.6 is 0 Å². The van der Waals surface area contributed by atoms with Gasteiger partial charge < -0.3 is 9.67 Å². The van der Waals surface area contributed by atoms with E-state index in [-0.39, 0.29) is 48.9 Å². The lowest BCUT2D eigenvalue weighted by atomic mass is 9.98. The predicted octanol–water partition coefficient (Wildman–Crippen LogP) is 3.75. The lowest BCUT2D eigenvalue weighted by Crippen LogP contribution is -2.36. The first kappa shape index (κ1) is 25.0. The van der Waals surface area contributed by atoms with Crippen molar-refractivity contribution in [3.8, 4) is 11.8 Å². The summed E-state index contributed by atoms with van der Waals surface area (Å²) in [6.07, 6.45) is 5.83. The van der Waals surface area contributed by atoms with Crippen molar-refractivity contribution in [2.75, 3.05) is 13.1 Å². The second-order valence-corrected chi connectivity index (χ2v) is 10.4. The Morgan fingerprint density at radius 1 is 1.08 bits per heavy atom. The Hall–Kier alpha value is -4.32. The molecule has 3 aliphatic rings. The van der Waals surface area contributed by atoms with E-state index in [2.05, 4.69) is 11.0 Å². The molecule has 2 saturated heterocycles. The molecule has 0 saturated carbocycles. The number of rotatable bonds is 7. The van der Waals surface area contributed by atoms with E-state index < -0.39 is 0 Å². The van der Waals surface area contributed by atoms with Crippen LogP contribution < -0.4 is 0 Å². The molecule has 2 amide bonds. The van der Waals surface area contributed by atoms with Crippen LogP contribution in [-0.2, 0) is 0 Å². The van der Waals surface area contributed by atoms with Gasteiger partial charge in [0.1, 0.15) is 0 Å². The minimum absolute atomic E-state index is 0.0131. The van der Waals surface area contributed by atoms with Gasteiger partial charge in [-0.25, -0.2) is 0 Å². The summed E-state index contributed by atoms with van der Waals surface area (Å²) < 4.78 is 1.95. The van der Waals surface area contributed by atoms with Gasteiger partial charge in [0, 0.05) is 41.3 Å². The van der Waals surface area contributed by atoms with Gasteiger partial charge in [0.25, 0.3) is 11.8 Å². The quantitative estimate of drug-likeness (QED) is 0.376. The topological polar surface area (TPSA) is 107 Å². The van der Waals surface area contributed by atoms with Crippen LogP contribution in [0.3, 0.4) is 0 Å². The van der Waals surface area contributed by atoms with Gasteiger partial charge in [-0.05, 0) is 74.7 Å². The maximum absolute atomic E-state index is 13.5. The molecule has 4 heterocycles. The van der Waals surface area contributed by atoms with Crippen molar-refractivity contribution >= 4 is 23.7 Å². The number of carbonyl (C=O) groups is 3. The SMILES string of the molecule is Cc1c(C(=O)CN2C3CCC2[C@H](O)C3)cc(/C=C/CN2C(=O)c3ccccc3C2=O)n1-c1ccc(C#N)cc1. The Labute approximate surface area is 226 Å². The maximum atomic E-state index is 13.5. The molecule has 1 N–H and O–H groups in total. The van der Waals surface area contributed by atoms with Gasteiger partial charge in [-0.1, -0.05) is 18.2 Å². The minimum atomic E-state index is -0.374. The molecule has 0 spiro atoms. The Bertz CT molecular complexity index is 1530. The zero-order valence-electron chi connectivity index (χ0n) is 21.6. The molecule has 2 aromatic carbocycles. The van der Waals surface area contributed by atoms with Gasteiger partial charge in [0.2, 0.25) is 0 Å². The van der Waals surface area contributed by atoms with Gasteiger partial charge in [-0.15, -0.1) is 0 Å². The number of nitriles is 1. The van der Waals surface area contributed by atoms with Crippen LogP contribution in [0.25, 0.3) is 11.8 Å². The Balaban J connectivity index is 1.29. The predicted molar refractivity (Wildman–Crippen MR) is 145 cm³/mol. The molecule has 6 rings (SSSR count). The van der Waals surface area contributed by atoms with Crippen molar-refractivity contribution in [3.05, 3.63) is 94.3 Å². The van der Waals surface area contributed by atoms with E-state index in [1.165, 1.54) is 4.90 Å². The average Bonchev–Trinajstić information content (AvgIpc) is 3.65. The molecule has 2 unspecified atom stereocenters. The number of amides is 2. The third-order valence-corrected chi connectivity index (χ3v) is 8.26. The normalized spacial score (nSPS) is 22.2. The number of imide groups is 1. The maximum Gasteiger partial charge on any atom is 0.261 e. The molecule has 196 valence electrons. The van der Waals surface area contributed by atoms with E-state index in [0.717, 1.165) is 36.3 Å². The third-order valence-electron chi connectivity index (χ3n) is 8.26. The van der Waals surface area contributed by atoms with Crippen molar-refractivity contribution in [2.45, 2.75) is 44.4 Å². The zero-order chi connectivity index (χ0) is 27.3. The molecule has 2 bridgehead atoms. The van der Waals surface area contributed by atoms with E-state index in [1.807, 2.05) is 35.8 Å². The fourth-order valence-corrected chi connectivity index (χ4v) is 6.31. The first-order chi connectivity index (χ1) is 18.9. The molecule has 3 atom stereocenters. The Morgan fingerprint density at radius 3 is 2.36 bits per heavy atom. The monoisotopic (exact) mass is 520 g/mol. The average molecular weight is 521 g/mol. The van der Waals surface area contributed by atoms with Crippen molar-refractivity contribution < 1.29 is 19.5 Å². The molecule has 8 heteroatoms. The highest BCUT2D eigenvalue weighted by atomic mass is 16.3. The summed E-state index contributed by atoms with van der Waals surface area (Å²) in [5.74, 6) is -0.657. The zero-order valence-corrected chi connectivity index (χ0v) is 21.6. The number of carbonyl (C=O) groups excluding carboxylic acids is 3. The van der Waals surface area contributed by atoms with E-state index in [9.17, 15) is 24.8 Å². The van der Waals surface area contributed by atoms with Gasteiger partial charge >= 0.3 is 0 Å². The van der Waals surface area contributed by atoms with Crippen LogP contribution in [0.2, 0.25) is 0 Å². The number of aromatic nitrogens is 1. The highest BCUT2D eigenvalue weighted by molar-refractivity contribution is 6.21. The largest absolute Gasteiger partial charge is 0.391 e. The lowest BCUT2D eigenvalue weighted by Gasteiger charge is -2.21. The van der Waals surface area contributed by atoms with E-state index in [0.29, 0.717) is 22.3 Å². The summed E-state index contributed by atoms with van der Waals surface area (Å²) in [5, 5.41) is 19.5. The number of hydrogen-bond acceptors (Lipinski definition) is 6. The summed E-state index contributed by atoms with van der Waals surface area (Å²) in [7, 11) is 0. The van der Waals surface area contributed by atoms with Crippen molar-refractivity contribution in [3.63, 3.8) is 0 Å². The summed E-state index contributed by atoms with van der Waals surface area (Å²) in [6.45, 7) is 2.24. The molecule has 8 nitrogen and oxygen atoms in total. The van der Waals surface area contributed by atoms with Crippen LogP contribution in [0.15, 0.2) is 60.7 Å². The second kappa shape index (κ2) is 9.77. The summed E-state index contributed by atoms with van der Waals surface area (Å²) >= 11 is 0. The van der Waals surface area contributed by atoms with Gasteiger partial charge in [-0.3, -0.25) is 24.2 Å². The standard InChI is InChI=1S/C31H28N4O4/c1-19-26(29(37)18-34-22-12-13-27(34)28(36)16-22)15-23(35(19)21-10-8-20(17-32)9-11-21)5-4-14-33-30(38)24-6-2-3-7-25(24)31(33)39/h2-11,15,22,27-28,36H,12-14,16,18H2,1H3/b5-4+/t22?,27?,28-/m1/s1. The van der Waals surface area contributed by atoms with Crippen LogP contribution in [0, 0.1) is 18.3 Å². The summed E-state index contributed by atoms with van der Waals surface area (Å²) in [5.41, 5.74) is 4.20. The first-order valence-corrected chi connectivity index (χ1v) is 13.2. The van der Waals surface area contributed by atoms with Crippen LogP contribution in [0.4, 0.5) is 0 Å². The Morgan fingerprint density at radius 2 is 1.77 bits per heavy atom. The molecule has 3 aliphatic heterocycles. The highest BCUT2D eigenvalue weighted by Gasteiger charge is 2.46. The Kier molecular flexibility index (Phi) is 6.26. The van der Waals surface area contributed by atoms with E-state index in [1.54, 1.807) is 42.5 Å². The number of hydrogen-bond donors (Lipinski definition) is 1. The molecule has 0 radical (unpaired) electrons. The summed E-state index contributed by atoms with van der Waals surface area (Å²) in [6, 6.07) is 18.2. The molecule has 3 aromatic rings. The molecule has 1 aromatic heterocycles. The van der Waals surface area contributed by atoms with Crippen LogP contribution in [-0.4, -0.2) is 68.3 Å². The number of nitrogens with zero attached hydrogens (tertiary/aromatic N) is 4. The second-order valence-electron chi connectivity index (χ2n) is 10.4. The van der Waals surface area contributed by atoms with E-state index in [4.69, 9.17) is 0 Å². The fourth-order valence-electron chi connectivity index (χ4n) is 6.31. The summed E-state index contributed by atoms with van der Waals surface area (Å²) in [4.78, 5) is 42.4. The smallest absolute Gasteiger partial charge is 0.261 e. The van der Waals surface area contributed by atoms with Crippen molar-refractivity contribution in [1.29, 1.82) is 5.26 Å². The van der Waals surface area contributed by atoms with Gasteiger partial charge in [0.05, 0.1) is 35.4 Å². The van der Waals surface area contributed by atoms with E-state index >= 15 is 0 Å². The highest BCUT2D eigenvalue weighted by Crippen LogP contribution is 2.38. The third kappa shape index (κ3) is 4.20. The first-order valence-electron chi connectivity index (χ1n) is 13.2. The number of aliphatic hydroxyl groups is 1. The number of fused-ring (bicyclic) bond motifs is 3. The number of Topliss-reactive ketones (excluding diaryl/α,β-unsaturated/α-hetero) is 1. The molecular weight excluding hydrogens is 492 g/mol. The van der Waals surface area contributed by atoms with Crippen LogP contribution in [0.5, 0.6) is 0 Å². The number of ketones is 1. The molecule has 2 fully saturated rings. The minimum Gasteiger partial charge on any atom is -0.391 e. The van der Waals surface area contributed by atoms with Gasteiger partial charge in [-0.2, -0.15) is 5.26 Å². The van der Waals surface area contributed by atoms with Crippen LogP contribution in [0.1, 0.15) is 67.3 Å².